The Morgan fingerprint density at radius 3 is 2.85 bits per heavy atom. The molecule has 0 saturated carbocycles. The van der Waals surface area contributed by atoms with Crippen LogP contribution in [0.25, 0.3) is 6.08 Å². The standard InChI is InChI=1S/C18H21F3N4O/c1-3-6-15-22-23-16-11-24(9-10-25(15)16)17(26)13-7-5-8-14(12(13)4-2)18(19,20)21/h4-5,7-8,15,22H,2-3,6,9-11H2,1H3. The van der Waals surface area contributed by atoms with Gasteiger partial charge in [0.1, 0.15) is 12.0 Å². The van der Waals surface area contributed by atoms with Gasteiger partial charge >= 0.3 is 6.18 Å². The summed E-state index contributed by atoms with van der Waals surface area (Å²) in [6.07, 6.45) is -1.37. The molecule has 140 valence electrons. The second kappa shape index (κ2) is 7.01. The molecular weight excluding hydrogens is 345 g/mol. The number of benzene rings is 1. The Bertz CT molecular complexity index is 744. The van der Waals surface area contributed by atoms with Crippen LogP contribution in [0.15, 0.2) is 29.9 Å². The van der Waals surface area contributed by atoms with E-state index < -0.39 is 17.6 Å². The fourth-order valence-electron chi connectivity index (χ4n) is 3.41. The number of amidine groups is 1. The number of hydrogen-bond donors (Lipinski definition) is 1. The van der Waals surface area contributed by atoms with Gasteiger partial charge in [0.15, 0.2) is 0 Å². The summed E-state index contributed by atoms with van der Waals surface area (Å²) >= 11 is 0. The number of carbonyl (C=O) groups excluding carboxylic acids is 1. The summed E-state index contributed by atoms with van der Waals surface area (Å²) in [5, 5.41) is 4.28. The van der Waals surface area contributed by atoms with Crippen molar-refractivity contribution in [3.8, 4) is 0 Å². The van der Waals surface area contributed by atoms with Crippen LogP contribution in [0, 0.1) is 0 Å². The zero-order chi connectivity index (χ0) is 18.9. The Morgan fingerprint density at radius 2 is 2.19 bits per heavy atom. The van der Waals surface area contributed by atoms with Gasteiger partial charge in [0, 0.05) is 18.7 Å². The molecular formula is C18H21F3N4O. The van der Waals surface area contributed by atoms with Crippen LogP contribution in [0.1, 0.15) is 41.3 Å². The molecule has 8 heteroatoms. The number of hydrazone groups is 1. The van der Waals surface area contributed by atoms with Crippen molar-refractivity contribution in [3.63, 3.8) is 0 Å². The van der Waals surface area contributed by atoms with Crippen LogP contribution in [-0.2, 0) is 6.18 Å². The van der Waals surface area contributed by atoms with Crippen LogP contribution in [-0.4, -0.2) is 47.3 Å². The highest BCUT2D eigenvalue weighted by molar-refractivity contribution is 6.01. The molecule has 2 aliphatic rings. The molecule has 0 bridgehead atoms. The Labute approximate surface area is 150 Å². The lowest BCUT2D eigenvalue weighted by molar-refractivity contribution is -0.137. The second-order valence-corrected chi connectivity index (χ2v) is 6.35. The van der Waals surface area contributed by atoms with Gasteiger partial charge < -0.3 is 9.80 Å². The predicted octanol–water partition coefficient (Wildman–Crippen LogP) is 3.15. The molecule has 1 N–H and O–H groups in total. The first-order chi connectivity index (χ1) is 12.4. The van der Waals surface area contributed by atoms with Crippen molar-refractivity contribution in [1.29, 1.82) is 0 Å². The van der Waals surface area contributed by atoms with Gasteiger partial charge in [0.2, 0.25) is 0 Å². The molecule has 1 aromatic rings. The van der Waals surface area contributed by atoms with Crippen molar-refractivity contribution in [3.05, 3.63) is 41.5 Å². The van der Waals surface area contributed by atoms with Gasteiger partial charge in [-0.1, -0.05) is 32.1 Å². The van der Waals surface area contributed by atoms with Crippen LogP contribution in [0.3, 0.4) is 0 Å². The monoisotopic (exact) mass is 366 g/mol. The first-order valence-electron chi connectivity index (χ1n) is 8.57. The van der Waals surface area contributed by atoms with Gasteiger partial charge in [0.25, 0.3) is 5.91 Å². The molecule has 0 radical (unpaired) electrons. The molecule has 0 spiro atoms. The summed E-state index contributed by atoms with van der Waals surface area (Å²) in [7, 11) is 0. The SMILES string of the molecule is C=Cc1c(C(=O)N2CCN3C(=NNC3CCC)C2)cccc1C(F)(F)F. The number of alkyl halides is 3. The Kier molecular flexibility index (Phi) is 4.93. The highest BCUT2D eigenvalue weighted by atomic mass is 19.4. The summed E-state index contributed by atoms with van der Waals surface area (Å²) in [5.74, 6) is 0.308. The third kappa shape index (κ3) is 3.27. The van der Waals surface area contributed by atoms with E-state index in [-0.39, 0.29) is 23.8 Å². The molecule has 0 aliphatic carbocycles. The van der Waals surface area contributed by atoms with Crippen molar-refractivity contribution < 1.29 is 18.0 Å². The van der Waals surface area contributed by atoms with Gasteiger partial charge in [-0.15, -0.1) is 0 Å². The minimum absolute atomic E-state index is 0.0138. The van der Waals surface area contributed by atoms with Gasteiger partial charge in [-0.3, -0.25) is 10.2 Å². The Hall–Kier alpha value is -2.51. The van der Waals surface area contributed by atoms with Gasteiger partial charge in [-0.05, 0) is 24.1 Å². The highest BCUT2D eigenvalue weighted by Crippen LogP contribution is 2.34. The van der Waals surface area contributed by atoms with E-state index in [9.17, 15) is 18.0 Å². The fraction of sp³-hybridized carbons (Fsp3) is 0.444. The summed E-state index contributed by atoms with van der Waals surface area (Å²) in [6.45, 7) is 6.87. The summed E-state index contributed by atoms with van der Waals surface area (Å²) < 4.78 is 39.6. The van der Waals surface area contributed by atoms with Crippen molar-refractivity contribution >= 4 is 17.8 Å². The summed E-state index contributed by atoms with van der Waals surface area (Å²) in [5.41, 5.74) is 2.05. The van der Waals surface area contributed by atoms with Crippen LogP contribution in [0.2, 0.25) is 0 Å². The first kappa shape index (κ1) is 18.3. The van der Waals surface area contributed by atoms with Gasteiger partial charge in [0.05, 0.1) is 12.1 Å². The number of piperazine rings is 1. The molecule has 2 heterocycles. The van der Waals surface area contributed by atoms with E-state index in [1.165, 1.54) is 17.0 Å². The van der Waals surface area contributed by atoms with Crippen molar-refractivity contribution in [2.75, 3.05) is 19.6 Å². The van der Waals surface area contributed by atoms with Crippen molar-refractivity contribution in [1.82, 2.24) is 15.2 Å². The zero-order valence-electron chi connectivity index (χ0n) is 14.5. The number of hydrogen-bond acceptors (Lipinski definition) is 4. The first-order valence-corrected chi connectivity index (χ1v) is 8.57. The van der Waals surface area contributed by atoms with E-state index >= 15 is 0 Å². The maximum Gasteiger partial charge on any atom is 0.417 e. The van der Waals surface area contributed by atoms with E-state index in [0.717, 1.165) is 30.8 Å². The lowest BCUT2D eigenvalue weighted by Crippen LogP contribution is -2.54. The van der Waals surface area contributed by atoms with E-state index in [0.29, 0.717) is 13.1 Å². The van der Waals surface area contributed by atoms with Crippen LogP contribution < -0.4 is 5.43 Å². The normalized spacial score (nSPS) is 19.7. The van der Waals surface area contributed by atoms with Crippen LogP contribution in [0.4, 0.5) is 13.2 Å². The molecule has 5 nitrogen and oxygen atoms in total. The zero-order valence-corrected chi connectivity index (χ0v) is 14.5. The number of carbonyl (C=O) groups is 1. The molecule has 1 fully saturated rings. The number of halogens is 3. The fourth-order valence-corrected chi connectivity index (χ4v) is 3.41. The minimum atomic E-state index is -4.54. The Morgan fingerprint density at radius 1 is 1.42 bits per heavy atom. The lowest BCUT2D eigenvalue weighted by atomic mass is 9.99. The van der Waals surface area contributed by atoms with E-state index in [1.807, 2.05) is 0 Å². The summed E-state index contributed by atoms with van der Waals surface area (Å²) in [4.78, 5) is 16.5. The lowest BCUT2D eigenvalue weighted by Gasteiger charge is -2.36. The average Bonchev–Trinajstić information content (AvgIpc) is 3.02. The minimum Gasteiger partial charge on any atom is -0.334 e. The average molecular weight is 366 g/mol. The van der Waals surface area contributed by atoms with E-state index in [4.69, 9.17) is 0 Å². The third-order valence-electron chi connectivity index (χ3n) is 4.69. The molecule has 1 atom stereocenters. The molecule has 2 aliphatic heterocycles. The van der Waals surface area contributed by atoms with Crippen LogP contribution >= 0.6 is 0 Å². The molecule has 26 heavy (non-hydrogen) atoms. The maximum absolute atomic E-state index is 13.2. The van der Waals surface area contributed by atoms with E-state index in [1.54, 1.807) is 0 Å². The maximum atomic E-state index is 13.2. The summed E-state index contributed by atoms with van der Waals surface area (Å²) in [6, 6.07) is 3.63. The van der Waals surface area contributed by atoms with E-state index in [2.05, 4.69) is 28.9 Å². The highest BCUT2D eigenvalue weighted by Gasteiger charge is 2.37. The van der Waals surface area contributed by atoms with Crippen molar-refractivity contribution in [2.45, 2.75) is 32.1 Å². The predicted molar refractivity (Wildman–Crippen MR) is 93.4 cm³/mol. The molecule has 1 saturated heterocycles. The van der Waals surface area contributed by atoms with Gasteiger partial charge in [-0.2, -0.15) is 18.3 Å². The molecule has 1 aromatic carbocycles. The topological polar surface area (TPSA) is 47.9 Å². The molecule has 3 rings (SSSR count). The number of amides is 1. The largest absolute Gasteiger partial charge is 0.417 e. The number of nitrogens with zero attached hydrogens (tertiary/aromatic N) is 3. The molecule has 1 amide bonds. The van der Waals surface area contributed by atoms with Crippen molar-refractivity contribution in [2.24, 2.45) is 5.10 Å². The number of rotatable bonds is 4. The quantitative estimate of drug-likeness (QED) is 0.891. The molecule has 0 aromatic heterocycles. The number of nitrogens with one attached hydrogen (secondary N) is 1. The molecule has 1 unspecified atom stereocenters. The second-order valence-electron chi connectivity index (χ2n) is 6.35. The third-order valence-corrected chi connectivity index (χ3v) is 4.69. The Balaban J connectivity index is 1.82. The number of fused-ring (bicyclic) bond motifs is 1. The smallest absolute Gasteiger partial charge is 0.334 e. The van der Waals surface area contributed by atoms with Gasteiger partial charge in [-0.25, -0.2) is 0 Å². The van der Waals surface area contributed by atoms with Crippen LogP contribution in [0.5, 0.6) is 0 Å².